The lowest BCUT2D eigenvalue weighted by Crippen LogP contribution is -2.40. The smallest absolute Gasteiger partial charge is 0.475 e. The Bertz CT molecular complexity index is 1150. The molecule has 0 aliphatic carbocycles. The molecule has 0 atom stereocenters. The number of carbonyl (C=O) groups excluding carboxylic acids is 2. The third-order valence-electron chi connectivity index (χ3n) is 4.61. The van der Waals surface area contributed by atoms with E-state index in [0.717, 1.165) is 22.7 Å². The first-order valence-corrected chi connectivity index (χ1v) is 9.68. The number of fused-ring (bicyclic) bond motifs is 1. The zero-order valence-corrected chi connectivity index (χ0v) is 18.1. The molecule has 0 bridgehead atoms. The van der Waals surface area contributed by atoms with Crippen LogP contribution in [-0.2, 0) is 27.5 Å². The van der Waals surface area contributed by atoms with E-state index in [9.17, 15) is 22.8 Å². The van der Waals surface area contributed by atoms with Gasteiger partial charge in [0.25, 0.3) is 0 Å². The van der Waals surface area contributed by atoms with Crippen molar-refractivity contribution in [1.82, 2.24) is 29.6 Å². The molecule has 3 aromatic heterocycles. The largest absolute Gasteiger partial charge is 0.490 e. The third-order valence-corrected chi connectivity index (χ3v) is 4.61. The first-order chi connectivity index (χ1) is 15.4. The molecule has 0 aliphatic rings. The molecule has 13 heteroatoms. The van der Waals surface area contributed by atoms with Crippen LogP contribution in [0.3, 0.4) is 0 Å². The molecule has 3 rings (SSSR count). The predicted molar refractivity (Wildman–Crippen MR) is 110 cm³/mol. The predicted octanol–water partition coefficient (Wildman–Crippen LogP) is 1.52. The summed E-state index contributed by atoms with van der Waals surface area (Å²) in [5.74, 6) is -4.08. The first-order valence-electron chi connectivity index (χ1n) is 9.68. The quantitative estimate of drug-likeness (QED) is 0.487. The van der Waals surface area contributed by atoms with Crippen molar-refractivity contribution in [2.75, 3.05) is 6.54 Å². The van der Waals surface area contributed by atoms with E-state index in [1.807, 2.05) is 54.1 Å². The normalized spacial score (nSPS) is 11.0. The van der Waals surface area contributed by atoms with Crippen molar-refractivity contribution < 1.29 is 32.7 Å². The molecule has 0 aromatic carbocycles. The van der Waals surface area contributed by atoms with Gasteiger partial charge in [-0.2, -0.15) is 13.2 Å². The highest BCUT2D eigenvalue weighted by molar-refractivity contribution is 6.35. The van der Waals surface area contributed by atoms with Crippen molar-refractivity contribution in [3.8, 4) is 0 Å². The maximum atomic E-state index is 11.9. The van der Waals surface area contributed by atoms with Crippen molar-refractivity contribution >= 4 is 23.4 Å². The SMILES string of the molecule is Cc1ncn(CCNC(=O)C(=O)NCc2cn3c(C)cccc3n2)c1C.O=C(O)C(F)(F)F. The summed E-state index contributed by atoms with van der Waals surface area (Å²) < 4.78 is 35.6. The van der Waals surface area contributed by atoms with Crippen LogP contribution in [0.15, 0.2) is 30.7 Å². The van der Waals surface area contributed by atoms with Gasteiger partial charge in [-0.25, -0.2) is 14.8 Å². The van der Waals surface area contributed by atoms with Crippen molar-refractivity contribution in [3.05, 3.63) is 53.5 Å². The Morgan fingerprint density at radius 2 is 1.73 bits per heavy atom. The summed E-state index contributed by atoms with van der Waals surface area (Å²) in [6.45, 7) is 7.00. The second-order valence-electron chi connectivity index (χ2n) is 6.98. The van der Waals surface area contributed by atoms with E-state index >= 15 is 0 Å². The van der Waals surface area contributed by atoms with Gasteiger partial charge >= 0.3 is 24.0 Å². The number of carboxylic acid groups (broad SMARTS) is 1. The molecule has 0 saturated carbocycles. The number of aryl methyl sites for hydroxylation is 2. The molecule has 2 amide bonds. The van der Waals surface area contributed by atoms with Crippen LogP contribution in [-0.4, -0.2) is 54.5 Å². The lowest BCUT2D eigenvalue weighted by molar-refractivity contribution is -0.192. The summed E-state index contributed by atoms with van der Waals surface area (Å²) in [4.78, 5) is 41.4. The van der Waals surface area contributed by atoms with Gasteiger partial charge in [-0.3, -0.25) is 9.59 Å². The van der Waals surface area contributed by atoms with Crippen LogP contribution in [0, 0.1) is 20.8 Å². The number of aliphatic carboxylic acids is 1. The summed E-state index contributed by atoms with van der Waals surface area (Å²) in [5, 5.41) is 12.3. The van der Waals surface area contributed by atoms with E-state index < -0.39 is 24.0 Å². The lowest BCUT2D eigenvalue weighted by Gasteiger charge is -2.07. The Morgan fingerprint density at radius 1 is 1.09 bits per heavy atom. The van der Waals surface area contributed by atoms with Crippen LogP contribution in [0.2, 0.25) is 0 Å². The summed E-state index contributed by atoms with van der Waals surface area (Å²) in [7, 11) is 0. The van der Waals surface area contributed by atoms with Crippen LogP contribution < -0.4 is 10.6 Å². The second kappa shape index (κ2) is 10.6. The highest BCUT2D eigenvalue weighted by atomic mass is 19.4. The molecule has 0 aliphatic heterocycles. The van der Waals surface area contributed by atoms with Gasteiger partial charge in [0.05, 0.1) is 24.3 Å². The number of alkyl halides is 3. The minimum Gasteiger partial charge on any atom is -0.475 e. The number of hydrogen-bond donors (Lipinski definition) is 3. The van der Waals surface area contributed by atoms with Crippen molar-refractivity contribution in [1.29, 1.82) is 0 Å². The molecule has 3 heterocycles. The number of hydrogen-bond acceptors (Lipinski definition) is 5. The molecule has 3 N–H and O–H groups in total. The fourth-order valence-electron chi connectivity index (χ4n) is 2.67. The lowest BCUT2D eigenvalue weighted by atomic mass is 10.4. The number of amides is 2. The number of nitrogens with zero attached hydrogens (tertiary/aromatic N) is 4. The van der Waals surface area contributed by atoms with Gasteiger partial charge in [0, 0.05) is 30.7 Å². The molecule has 0 unspecified atom stereocenters. The molecule has 0 spiro atoms. The van der Waals surface area contributed by atoms with Crippen molar-refractivity contribution in [2.24, 2.45) is 0 Å². The number of imidazole rings is 2. The van der Waals surface area contributed by atoms with Gasteiger partial charge in [0.1, 0.15) is 5.65 Å². The fraction of sp³-hybridized carbons (Fsp3) is 0.350. The van der Waals surface area contributed by atoms with Crippen LogP contribution >= 0.6 is 0 Å². The maximum Gasteiger partial charge on any atom is 0.490 e. The van der Waals surface area contributed by atoms with Gasteiger partial charge in [-0.1, -0.05) is 6.07 Å². The van der Waals surface area contributed by atoms with Crippen molar-refractivity contribution in [2.45, 2.75) is 40.0 Å². The first kappa shape index (κ1) is 25.4. The monoisotopic (exact) mass is 468 g/mol. The number of halogens is 3. The topological polar surface area (TPSA) is 131 Å². The van der Waals surface area contributed by atoms with Crippen LogP contribution in [0.25, 0.3) is 5.65 Å². The summed E-state index contributed by atoms with van der Waals surface area (Å²) in [5.41, 5.74) is 4.56. The van der Waals surface area contributed by atoms with Crippen LogP contribution in [0.5, 0.6) is 0 Å². The van der Waals surface area contributed by atoms with Crippen LogP contribution in [0.4, 0.5) is 13.2 Å². The number of carbonyl (C=O) groups is 3. The number of aromatic nitrogens is 4. The van der Waals surface area contributed by atoms with E-state index in [-0.39, 0.29) is 6.54 Å². The molecule has 3 aromatic rings. The third kappa shape index (κ3) is 7.05. The average molecular weight is 468 g/mol. The molecule has 0 fully saturated rings. The van der Waals surface area contributed by atoms with E-state index in [1.165, 1.54) is 0 Å². The number of carboxylic acids is 1. The molecule has 178 valence electrons. The Hall–Kier alpha value is -3.90. The maximum absolute atomic E-state index is 11.9. The highest BCUT2D eigenvalue weighted by Crippen LogP contribution is 2.13. The average Bonchev–Trinajstić information content (AvgIpc) is 3.30. The fourth-order valence-corrected chi connectivity index (χ4v) is 2.67. The standard InChI is InChI=1S/C18H22N6O2.C2HF3O2/c1-12-5-4-6-16-22-15(10-24(12)16)9-20-18(26)17(25)19-7-8-23-11-21-13(2)14(23)3;3-2(4,5)1(6)7/h4-6,10-11H,7-9H2,1-3H3,(H,19,25)(H,20,26);(H,6,7). The Labute approximate surface area is 186 Å². The molecule has 33 heavy (non-hydrogen) atoms. The van der Waals surface area contributed by atoms with Gasteiger partial charge < -0.3 is 24.7 Å². The Balaban J connectivity index is 0.000000479. The van der Waals surface area contributed by atoms with Crippen LogP contribution in [0.1, 0.15) is 22.8 Å². The highest BCUT2D eigenvalue weighted by Gasteiger charge is 2.38. The van der Waals surface area contributed by atoms with Gasteiger partial charge in [0.2, 0.25) is 0 Å². The number of rotatable bonds is 5. The zero-order chi connectivity index (χ0) is 24.8. The van der Waals surface area contributed by atoms with Crippen molar-refractivity contribution in [3.63, 3.8) is 0 Å². The van der Waals surface area contributed by atoms with E-state index in [1.54, 1.807) is 6.33 Å². The van der Waals surface area contributed by atoms with Gasteiger partial charge in [-0.05, 0) is 32.9 Å². The van der Waals surface area contributed by atoms with E-state index in [4.69, 9.17) is 9.90 Å². The Morgan fingerprint density at radius 3 is 2.27 bits per heavy atom. The molecular weight excluding hydrogens is 445 g/mol. The molecule has 10 nitrogen and oxygen atoms in total. The number of pyridine rings is 1. The van der Waals surface area contributed by atoms with E-state index in [0.29, 0.717) is 18.8 Å². The summed E-state index contributed by atoms with van der Waals surface area (Å²) in [6.07, 6.45) is -1.50. The second-order valence-corrected chi connectivity index (χ2v) is 6.98. The minimum absolute atomic E-state index is 0.202. The molecular formula is C20H23F3N6O4. The van der Waals surface area contributed by atoms with Gasteiger partial charge in [0.15, 0.2) is 0 Å². The minimum atomic E-state index is -5.08. The van der Waals surface area contributed by atoms with E-state index in [2.05, 4.69) is 20.6 Å². The van der Waals surface area contributed by atoms with Gasteiger partial charge in [-0.15, -0.1) is 0 Å². The zero-order valence-electron chi connectivity index (χ0n) is 18.1. The molecule has 0 saturated heterocycles. The summed E-state index contributed by atoms with van der Waals surface area (Å²) in [6, 6.07) is 5.80. The molecule has 0 radical (unpaired) electrons. The number of nitrogens with one attached hydrogen (secondary N) is 2. The summed E-state index contributed by atoms with van der Waals surface area (Å²) >= 11 is 0. The Kier molecular flexibility index (Phi) is 8.16.